The molecular weight excluding hydrogens is 244 g/mol. The zero-order valence-corrected chi connectivity index (χ0v) is 11.6. The van der Waals surface area contributed by atoms with E-state index in [-0.39, 0.29) is 0 Å². The van der Waals surface area contributed by atoms with Crippen LogP contribution in [0.4, 0.5) is 8.78 Å². The van der Waals surface area contributed by atoms with Gasteiger partial charge in [-0.05, 0) is 62.6 Å². The van der Waals surface area contributed by atoms with Gasteiger partial charge in [0.15, 0.2) is 11.6 Å². The minimum absolute atomic E-state index is 0.505. The molecule has 1 aromatic carbocycles. The Labute approximate surface area is 114 Å². The monoisotopic (exact) mass is 267 g/mol. The van der Waals surface area contributed by atoms with Crippen molar-refractivity contribution in [2.45, 2.75) is 51.5 Å². The van der Waals surface area contributed by atoms with Crippen LogP contribution in [0.1, 0.15) is 44.6 Å². The van der Waals surface area contributed by atoms with Gasteiger partial charge in [-0.25, -0.2) is 8.78 Å². The summed E-state index contributed by atoms with van der Waals surface area (Å²) in [6.07, 6.45) is 6.37. The van der Waals surface area contributed by atoms with E-state index in [0.29, 0.717) is 18.0 Å². The van der Waals surface area contributed by atoms with Crippen LogP contribution in [-0.4, -0.2) is 12.6 Å². The SMILES string of the molecule is CCCNC(CCCc1cccc(F)c1F)C1CC1. The van der Waals surface area contributed by atoms with Crippen molar-refractivity contribution in [1.29, 1.82) is 0 Å². The molecule has 0 amide bonds. The zero-order chi connectivity index (χ0) is 13.7. The summed E-state index contributed by atoms with van der Waals surface area (Å²) in [6, 6.07) is 5.01. The Balaban J connectivity index is 1.79. The van der Waals surface area contributed by atoms with Crippen molar-refractivity contribution in [2.24, 2.45) is 5.92 Å². The summed E-state index contributed by atoms with van der Waals surface area (Å²) >= 11 is 0. The maximum Gasteiger partial charge on any atom is 0.162 e. The molecule has 0 saturated heterocycles. The van der Waals surface area contributed by atoms with Gasteiger partial charge in [0, 0.05) is 6.04 Å². The van der Waals surface area contributed by atoms with Crippen molar-refractivity contribution in [3.8, 4) is 0 Å². The van der Waals surface area contributed by atoms with Crippen LogP contribution in [0.25, 0.3) is 0 Å². The van der Waals surface area contributed by atoms with Crippen LogP contribution in [0, 0.1) is 17.6 Å². The van der Waals surface area contributed by atoms with Crippen LogP contribution in [0.2, 0.25) is 0 Å². The Morgan fingerprint density at radius 2 is 2.11 bits per heavy atom. The lowest BCUT2D eigenvalue weighted by Crippen LogP contribution is -2.31. The molecule has 0 aliphatic heterocycles. The quantitative estimate of drug-likeness (QED) is 0.748. The molecule has 3 heteroatoms. The molecule has 1 aliphatic carbocycles. The molecule has 0 radical (unpaired) electrons. The van der Waals surface area contributed by atoms with Gasteiger partial charge in [0.1, 0.15) is 0 Å². The van der Waals surface area contributed by atoms with Crippen LogP contribution >= 0.6 is 0 Å². The molecular formula is C16H23F2N. The molecule has 19 heavy (non-hydrogen) atoms. The standard InChI is InChI=1S/C16H23F2N/c1-2-11-19-15(12-9-10-12)8-4-6-13-5-3-7-14(17)16(13)18/h3,5,7,12,15,19H,2,4,6,8-11H2,1H3. The fraction of sp³-hybridized carbons (Fsp3) is 0.625. The van der Waals surface area contributed by atoms with Crippen molar-refractivity contribution in [1.82, 2.24) is 5.32 Å². The maximum atomic E-state index is 13.5. The van der Waals surface area contributed by atoms with E-state index in [0.717, 1.165) is 31.7 Å². The first-order valence-corrected chi connectivity index (χ1v) is 7.38. The van der Waals surface area contributed by atoms with Gasteiger partial charge in [0.25, 0.3) is 0 Å². The van der Waals surface area contributed by atoms with Crippen LogP contribution in [0.15, 0.2) is 18.2 Å². The molecule has 1 fully saturated rings. The number of halogens is 2. The third-order valence-electron chi connectivity index (χ3n) is 3.84. The summed E-state index contributed by atoms with van der Waals surface area (Å²) < 4.78 is 26.6. The van der Waals surface area contributed by atoms with E-state index in [4.69, 9.17) is 0 Å². The molecule has 1 unspecified atom stereocenters. The minimum atomic E-state index is -0.736. The maximum absolute atomic E-state index is 13.5. The van der Waals surface area contributed by atoms with Gasteiger partial charge in [-0.2, -0.15) is 0 Å². The van der Waals surface area contributed by atoms with Crippen molar-refractivity contribution >= 4 is 0 Å². The van der Waals surface area contributed by atoms with Gasteiger partial charge in [0.05, 0.1) is 0 Å². The first-order valence-electron chi connectivity index (χ1n) is 7.38. The molecule has 1 aliphatic rings. The third kappa shape index (κ3) is 4.27. The summed E-state index contributed by atoms with van der Waals surface area (Å²) in [7, 11) is 0. The van der Waals surface area contributed by atoms with E-state index in [2.05, 4.69) is 12.2 Å². The molecule has 1 aromatic rings. The first-order chi connectivity index (χ1) is 9.22. The average Bonchev–Trinajstić information content (AvgIpc) is 3.23. The van der Waals surface area contributed by atoms with Gasteiger partial charge >= 0.3 is 0 Å². The van der Waals surface area contributed by atoms with Gasteiger partial charge in [-0.15, -0.1) is 0 Å². The van der Waals surface area contributed by atoms with E-state index in [1.54, 1.807) is 12.1 Å². The second-order valence-electron chi connectivity index (χ2n) is 5.50. The fourth-order valence-electron chi connectivity index (χ4n) is 2.59. The summed E-state index contributed by atoms with van der Waals surface area (Å²) in [5, 5.41) is 3.58. The van der Waals surface area contributed by atoms with Gasteiger partial charge in [0.2, 0.25) is 0 Å². The topological polar surface area (TPSA) is 12.0 Å². The Bertz CT molecular complexity index is 402. The first kappa shape index (κ1) is 14.4. The van der Waals surface area contributed by atoms with Gasteiger partial charge in [-0.3, -0.25) is 0 Å². The lowest BCUT2D eigenvalue weighted by molar-refractivity contribution is 0.422. The molecule has 1 atom stereocenters. The predicted molar refractivity (Wildman–Crippen MR) is 74.1 cm³/mol. The largest absolute Gasteiger partial charge is 0.314 e. The molecule has 2 rings (SSSR count). The van der Waals surface area contributed by atoms with Gasteiger partial charge < -0.3 is 5.32 Å². The second-order valence-corrected chi connectivity index (χ2v) is 5.50. The molecule has 0 heterocycles. The highest BCUT2D eigenvalue weighted by molar-refractivity contribution is 5.19. The summed E-state index contributed by atoms with van der Waals surface area (Å²) in [4.78, 5) is 0. The normalized spacial score (nSPS) is 16.6. The summed E-state index contributed by atoms with van der Waals surface area (Å²) in [6.45, 7) is 3.22. The van der Waals surface area contributed by atoms with E-state index < -0.39 is 11.6 Å². The van der Waals surface area contributed by atoms with Gasteiger partial charge in [-0.1, -0.05) is 19.1 Å². The second kappa shape index (κ2) is 6.99. The van der Waals surface area contributed by atoms with Crippen LogP contribution in [0.5, 0.6) is 0 Å². The van der Waals surface area contributed by atoms with Crippen molar-refractivity contribution in [3.63, 3.8) is 0 Å². The molecule has 0 aromatic heterocycles. The van der Waals surface area contributed by atoms with E-state index in [1.165, 1.54) is 18.9 Å². The number of aryl methyl sites for hydroxylation is 1. The minimum Gasteiger partial charge on any atom is -0.314 e. The average molecular weight is 267 g/mol. The number of rotatable bonds is 8. The summed E-state index contributed by atoms with van der Waals surface area (Å²) in [5.74, 6) is -0.601. The predicted octanol–water partition coefficient (Wildman–Crippen LogP) is 4.07. The molecule has 1 saturated carbocycles. The lowest BCUT2D eigenvalue weighted by atomic mass is 10.0. The molecule has 1 nitrogen and oxygen atoms in total. The highest BCUT2D eigenvalue weighted by Gasteiger charge is 2.30. The third-order valence-corrected chi connectivity index (χ3v) is 3.84. The van der Waals surface area contributed by atoms with Crippen molar-refractivity contribution in [2.75, 3.05) is 6.54 Å². The smallest absolute Gasteiger partial charge is 0.162 e. The van der Waals surface area contributed by atoms with Crippen molar-refractivity contribution < 1.29 is 8.78 Å². The number of hydrogen-bond donors (Lipinski definition) is 1. The zero-order valence-electron chi connectivity index (χ0n) is 11.6. The number of hydrogen-bond acceptors (Lipinski definition) is 1. The Morgan fingerprint density at radius 1 is 1.32 bits per heavy atom. The fourth-order valence-corrected chi connectivity index (χ4v) is 2.59. The lowest BCUT2D eigenvalue weighted by Gasteiger charge is -2.17. The van der Waals surface area contributed by atoms with E-state index >= 15 is 0 Å². The molecule has 0 spiro atoms. The van der Waals surface area contributed by atoms with Crippen LogP contribution in [0.3, 0.4) is 0 Å². The van der Waals surface area contributed by atoms with Crippen LogP contribution in [-0.2, 0) is 6.42 Å². The van der Waals surface area contributed by atoms with Crippen molar-refractivity contribution in [3.05, 3.63) is 35.4 Å². The Hall–Kier alpha value is -0.960. The highest BCUT2D eigenvalue weighted by atomic mass is 19.2. The van der Waals surface area contributed by atoms with E-state index in [1.807, 2.05) is 0 Å². The molecule has 0 bridgehead atoms. The Kier molecular flexibility index (Phi) is 5.32. The Morgan fingerprint density at radius 3 is 2.79 bits per heavy atom. The van der Waals surface area contributed by atoms with Crippen LogP contribution < -0.4 is 5.32 Å². The molecule has 1 N–H and O–H groups in total. The van der Waals surface area contributed by atoms with E-state index in [9.17, 15) is 8.78 Å². The number of nitrogens with one attached hydrogen (secondary N) is 1. The highest BCUT2D eigenvalue weighted by Crippen LogP contribution is 2.34. The molecule has 106 valence electrons. The number of benzene rings is 1. The summed E-state index contributed by atoms with van der Waals surface area (Å²) in [5.41, 5.74) is 0.505.